The molecule has 1 aliphatic rings. The first-order valence-corrected chi connectivity index (χ1v) is 5.26. The maximum Gasteiger partial charge on any atom is 0.471 e. The van der Waals surface area contributed by atoms with Crippen molar-refractivity contribution in [2.24, 2.45) is 0 Å². The number of thiophene rings is 1. The quantitative estimate of drug-likeness (QED) is 0.828. The first-order chi connectivity index (χ1) is 7.39. The van der Waals surface area contributed by atoms with Crippen molar-refractivity contribution in [1.29, 1.82) is 0 Å². The molecule has 0 spiro atoms. The molecule has 2 rings (SSSR count). The van der Waals surface area contributed by atoms with Crippen LogP contribution in [0.3, 0.4) is 0 Å². The molecule has 1 aromatic heterocycles. The summed E-state index contributed by atoms with van der Waals surface area (Å²) in [5.74, 6) is -2.23. The van der Waals surface area contributed by atoms with Gasteiger partial charge in [-0.1, -0.05) is 0 Å². The van der Waals surface area contributed by atoms with E-state index in [0.29, 0.717) is 10.4 Å². The molecule has 0 aliphatic heterocycles. The van der Waals surface area contributed by atoms with Crippen LogP contribution >= 0.6 is 11.3 Å². The molecule has 1 amide bonds. The van der Waals surface area contributed by atoms with E-state index < -0.39 is 18.1 Å². The zero-order valence-electron chi connectivity index (χ0n) is 7.80. The summed E-state index contributed by atoms with van der Waals surface area (Å²) in [5, 5.41) is 3.43. The molecule has 1 aliphatic carbocycles. The minimum Gasteiger partial charge on any atom is -0.341 e. The smallest absolute Gasteiger partial charge is 0.341 e. The summed E-state index contributed by atoms with van der Waals surface area (Å²) in [6.45, 7) is 0. The molecule has 0 radical (unpaired) electrons. The molecule has 0 saturated carbocycles. The minimum absolute atomic E-state index is 0.0934. The highest BCUT2D eigenvalue weighted by molar-refractivity contribution is 7.12. The van der Waals surface area contributed by atoms with Crippen LogP contribution in [0.25, 0.3) is 0 Å². The number of carbonyl (C=O) groups excluding carboxylic acids is 2. The standard InChI is InChI=1S/C9H6F3NO2S/c10-9(11,12)8(15)13-5-3-6(14)7-4(5)1-2-16-7/h1-2,5H,3H2,(H,13,15)/t5-/m1/s1. The van der Waals surface area contributed by atoms with Crippen molar-refractivity contribution in [1.82, 2.24) is 5.32 Å². The third-order valence-electron chi connectivity index (χ3n) is 2.28. The molecule has 1 atom stereocenters. The number of fused-ring (bicyclic) bond motifs is 1. The van der Waals surface area contributed by atoms with Crippen LogP contribution < -0.4 is 5.32 Å². The molecular formula is C9H6F3NO2S. The van der Waals surface area contributed by atoms with Crippen molar-refractivity contribution in [3.05, 3.63) is 21.9 Å². The van der Waals surface area contributed by atoms with E-state index in [9.17, 15) is 22.8 Å². The van der Waals surface area contributed by atoms with E-state index in [0.717, 1.165) is 0 Å². The Kier molecular flexibility index (Phi) is 2.49. The van der Waals surface area contributed by atoms with E-state index in [1.165, 1.54) is 11.3 Å². The van der Waals surface area contributed by atoms with Gasteiger partial charge in [-0.2, -0.15) is 13.2 Å². The van der Waals surface area contributed by atoms with Crippen LogP contribution in [0.5, 0.6) is 0 Å². The largest absolute Gasteiger partial charge is 0.471 e. The van der Waals surface area contributed by atoms with Crippen molar-refractivity contribution >= 4 is 23.0 Å². The second-order valence-corrected chi connectivity index (χ2v) is 4.27. The Morgan fingerprint density at radius 3 is 2.81 bits per heavy atom. The van der Waals surface area contributed by atoms with E-state index in [-0.39, 0.29) is 12.2 Å². The zero-order chi connectivity index (χ0) is 11.9. The number of amides is 1. The molecule has 1 aromatic rings. The second-order valence-electron chi connectivity index (χ2n) is 3.36. The summed E-state index contributed by atoms with van der Waals surface area (Å²) in [5.41, 5.74) is 0.479. The van der Waals surface area contributed by atoms with Gasteiger partial charge in [0, 0.05) is 6.42 Å². The van der Waals surface area contributed by atoms with Gasteiger partial charge in [0.1, 0.15) is 0 Å². The molecule has 0 aromatic carbocycles. The Balaban J connectivity index is 2.16. The average Bonchev–Trinajstić information content (AvgIpc) is 2.70. The van der Waals surface area contributed by atoms with Crippen molar-refractivity contribution in [2.45, 2.75) is 18.6 Å². The molecule has 1 N–H and O–H groups in total. The molecular weight excluding hydrogens is 243 g/mol. The lowest BCUT2D eigenvalue weighted by molar-refractivity contribution is -0.174. The fourth-order valence-electron chi connectivity index (χ4n) is 1.58. The Labute approximate surface area is 92.3 Å². The Morgan fingerprint density at radius 1 is 1.50 bits per heavy atom. The minimum atomic E-state index is -4.91. The fourth-order valence-corrected chi connectivity index (χ4v) is 2.49. The monoisotopic (exact) mass is 249 g/mol. The molecule has 7 heteroatoms. The van der Waals surface area contributed by atoms with Gasteiger partial charge in [-0.15, -0.1) is 11.3 Å². The molecule has 0 unspecified atom stereocenters. The predicted octanol–water partition coefficient (Wildman–Crippen LogP) is 2.05. The first-order valence-electron chi connectivity index (χ1n) is 4.38. The van der Waals surface area contributed by atoms with Gasteiger partial charge in [-0.05, 0) is 17.0 Å². The van der Waals surface area contributed by atoms with Crippen molar-refractivity contribution in [3.8, 4) is 0 Å². The summed E-state index contributed by atoms with van der Waals surface area (Å²) in [7, 11) is 0. The zero-order valence-corrected chi connectivity index (χ0v) is 8.61. The predicted molar refractivity (Wildman–Crippen MR) is 50.2 cm³/mol. The number of hydrogen-bond acceptors (Lipinski definition) is 3. The first kappa shape index (κ1) is 11.1. The Bertz CT molecular complexity index is 452. The lowest BCUT2D eigenvalue weighted by atomic mass is 10.2. The summed E-state index contributed by atoms with van der Waals surface area (Å²) in [6, 6.07) is 0.717. The average molecular weight is 249 g/mol. The van der Waals surface area contributed by atoms with Gasteiger partial charge in [-0.3, -0.25) is 9.59 Å². The van der Waals surface area contributed by atoms with Crippen molar-refractivity contribution in [3.63, 3.8) is 0 Å². The van der Waals surface area contributed by atoms with Gasteiger partial charge < -0.3 is 5.32 Å². The van der Waals surface area contributed by atoms with Gasteiger partial charge in [0.05, 0.1) is 10.9 Å². The van der Waals surface area contributed by atoms with Crippen molar-refractivity contribution < 1.29 is 22.8 Å². The molecule has 3 nitrogen and oxygen atoms in total. The van der Waals surface area contributed by atoms with E-state index in [1.807, 2.05) is 5.32 Å². The number of alkyl halides is 3. The summed E-state index contributed by atoms with van der Waals surface area (Å²) in [4.78, 5) is 22.5. The molecule has 0 fully saturated rings. The highest BCUT2D eigenvalue weighted by atomic mass is 32.1. The topological polar surface area (TPSA) is 46.2 Å². The van der Waals surface area contributed by atoms with Crippen molar-refractivity contribution in [2.75, 3.05) is 0 Å². The third kappa shape index (κ3) is 1.82. The van der Waals surface area contributed by atoms with Gasteiger partial charge in [0.25, 0.3) is 0 Å². The number of hydrogen-bond donors (Lipinski definition) is 1. The number of nitrogens with one attached hydrogen (secondary N) is 1. The van der Waals surface area contributed by atoms with Crippen LogP contribution in [-0.2, 0) is 4.79 Å². The van der Waals surface area contributed by atoms with E-state index in [4.69, 9.17) is 0 Å². The van der Waals surface area contributed by atoms with Crippen LogP contribution in [0.15, 0.2) is 11.4 Å². The summed E-state index contributed by atoms with van der Waals surface area (Å²) in [6.07, 6.45) is -5.01. The van der Waals surface area contributed by atoms with Gasteiger partial charge in [-0.25, -0.2) is 0 Å². The SMILES string of the molecule is O=C1C[C@@H](NC(=O)C(F)(F)F)c2ccsc21. The van der Waals surface area contributed by atoms with Crippen LogP contribution in [0.1, 0.15) is 27.7 Å². The summed E-state index contributed by atoms with van der Waals surface area (Å²) < 4.78 is 36.0. The normalized spacial score (nSPS) is 19.7. The van der Waals surface area contributed by atoms with E-state index in [1.54, 1.807) is 11.4 Å². The van der Waals surface area contributed by atoms with Gasteiger partial charge in [0.2, 0.25) is 0 Å². The number of rotatable bonds is 1. The lowest BCUT2D eigenvalue weighted by Crippen LogP contribution is -2.38. The van der Waals surface area contributed by atoms with E-state index in [2.05, 4.69) is 0 Å². The van der Waals surface area contributed by atoms with Crippen LogP contribution in [-0.4, -0.2) is 17.9 Å². The third-order valence-corrected chi connectivity index (χ3v) is 3.25. The fraction of sp³-hybridized carbons (Fsp3) is 0.333. The number of ketones is 1. The molecule has 0 saturated heterocycles. The molecule has 0 bridgehead atoms. The van der Waals surface area contributed by atoms with Gasteiger partial charge in [0.15, 0.2) is 5.78 Å². The highest BCUT2D eigenvalue weighted by Gasteiger charge is 2.42. The Morgan fingerprint density at radius 2 is 2.19 bits per heavy atom. The molecule has 16 heavy (non-hydrogen) atoms. The number of carbonyl (C=O) groups is 2. The van der Waals surface area contributed by atoms with Crippen LogP contribution in [0.4, 0.5) is 13.2 Å². The molecule has 1 heterocycles. The van der Waals surface area contributed by atoms with E-state index >= 15 is 0 Å². The highest BCUT2D eigenvalue weighted by Crippen LogP contribution is 2.35. The number of halogens is 3. The van der Waals surface area contributed by atoms with Crippen LogP contribution in [0.2, 0.25) is 0 Å². The lowest BCUT2D eigenvalue weighted by Gasteiger charge is -2.13. The maximum atomic E-state index is 12.0. The maximum absolute atomic E-state index is 12.0. The molecule has 86 valence electrons. The Hall–Kier alpha value is -1.37. The van der Waals surface area contributed by atoms with Crippen LogP contribution in [0, 0.1) is 0 Å². The number of Topliss-reactive ketones (excluding diaryl/α,β-unsaturated/α-hetero) is 1. The summed E-state index contributed by atoms with van der Waals surface area (Å²) >= 11 is 1.18. The van der Waals surface area contributed by atoms with Gasteiger partial charge >= 0.3 is 12.1 Å². The second kappa shape index (κ2) is 3.58.